The van der Waals surface area contributed by atoms with Crippen LogP contribution in [0.2, 0.25) is 0 Å². The summed E-state index contributed by atoms with van der Waals surface area (Å²) in [4.78, 5) is 14.5. The van der Waals surface area contributed by atoms with Gasteiger partial charge in [0.15, 0.2) is 0 Å². The Hall–Kier alpha value is -2.89. The predicted octanol–water partition coefficient (Wildman–Crippen LogP) is 5.24. The van der Waals surface area contributed by atoms with E-state index in [-0.39, 0.29) is 5.91 Å². The summed E-state index contributed by atoms with van der Waals surface area (Å²) in [7, 11) is 1.84. The molecule has 0 bridgehead atoms. The number of benzene rings is 2. The zero-order chi connectivity index (χ0) is 20.7. The second kappa shape index (κ2) is 13.3. The van der Waals surface area contributed by atoms with E-state index in [1.165, 1.54) is 16.9 Å². The number of carbonyl (C=O) groups excluding carboxylic acids is 1. The molecule has 2 N–H and O–H groups in total. The van der Waals surface area contributed by atoms with Crippen molar-refractivity contribution in [1.82, 2.24) is 10.2 Å². The van der Waals surface area contributed by atoms with Gasteiger partial charge in [0.25, 0.3) is 5.91 Å². The van der Waals surface area contributed by atoms with Crippen molar-refractivity contribution < 1.29 is 4.79 Å². The minimum absolute atomic E-state index is 0.0940. The number of para-hydroxylation sites is 1. The first-order chi connectivity index (χ1) is 14.2. The summed E-state index contributed by atoms with van der Waals surface area (Å²) in [5.41, 5.74) is 2.38. The third kappa shape index (κ3) is 8.77. The lowest BCUT2D eigenvalue weighted by Crippen LogP contribution is -2.33. The van der Waals surface area contributed by atoms with Crippen LogP contribution in [0.3, 0.4) is 0 Å². The lowest BCUT2D eigenvalue weighted by Gasteiger charge is -2.16. The predicted molar refractivity (Wildman–Crippen MR) is 124 cm³/mol. The molecule has 1 heterocycles. The number of amides is 1. The van der Waals surface area contributed by atoms with Crippen molar-refractivity contribution in [3.05, 3.63) is 101 Å². The van der Waals surface area contributed by atoms with Crippen molar-refractivity contribution in [2.75, 3.05) is 25.5 Å². The highest BCUT2D eigenvalue weighted by molar-refractivity contribution is 7.12. The Morgan fingerprint density at radius 3 is 2.31 bits per heavy atom. The minimum Gasteiger partial charge on any atom is -0.362 e. The maximum atomic E-state index is 12.0. The number of hydrogen-bond acceptors (Lipinski definition) is 4. The van der Waals surface area contributed by atoms with Crippen molar-refractivity contribution in [3.63, 3.8) is 0 Å². The first-order valence-corrected chi connectivity index (χ1v) is 10.5. The van der Waals surface area contributed by atoms with E-state index in [1.54, 1.807) is 4.90 Å². The van der Waals surface area contributed by atoms with Crippen LogP contribution >= 0.6 is 11.3 Å². The number of likely N-dealkylation sites (N-methyl/N-ethyl adjacent to an activating group) is 1. The highest BCUT2D eigenvalue weighted by Crippen LogP contribution is 2.10. The van der Waals surface area contributed by atoms with Crippen LogP contribution in [-0.2, 0) is 6.54 Å². The number of hydrogen-bond donors (Lipinski definition) is 2. The molecule has 0 unspecified atom stereocenters. The maximum absolute atomic E-state index is 12.0. The van der Waals surface area contributed by atoms with Gasteiger partial charge in [-0.3, -0.25) is 4.79 Å². The van der Waals surface area contributed by atoms with Crippen molar-refractivity contribution in [2.24, 2.45) is 0 Å². The van der Waals surface area contributed by atoms with Gasteiger partial charge in [-0.1, -0.05) is 60.7 Å². The Labute approximate surface area is 177 Å². The number of anilines is 1. The number of carbonyl (C=O) groups is 1. The summed E-state index contributed by atoms with van der Waals surface area (Å²) in [6.45, 7) is 4.32. The molecule has 0 saturated carbocycles. The summed E-state index contributed by atoms with van der Waals surface area (Å²) in [6, 6.07) is 24.1. The van der Waals surface area contributed by atoms with E-state index in [0.29, 0.717) is 6.54 Å². The average Bonchev–Trinajstić information content (AvgIpc) is 3.31. The van der Waals surface area contributed by atoms with Gasteiger partial charge in [-0.05, 0) is 42.3 Å². The summed E-state index contributed by atoms with van der Waals surface area (Å²) in [5, 5.41) is 8.38. The van der Waals surface area contributed by atoms with Crippen LogP contribution in [0.5, 0.6) is 0 Å². The standard InChI is InChI=1S/C15H18N2OS.C9H11N/c1-17(15(18)14-8-5-11-19-14)10-9-16-12-13-6-3-2-4-7-13;1-2-8-10-9-6-4-3-5-7-9/h2-8,11,16H,9-10,12H2,1H3;2-8,10H,1H3/b;8-2-. The lowest BCUT2D eigenvalue weighted by molar-refractivity contribution is 0.0801. The lowest BCUT2D eigenvalue weighted by atomic mass is 10.2. The van der Waals surface area contributed by atoms with Gasteiger partial charge in [-0.2, -0.15) is 0 Å². The van der Waals surface area contributed by atoms with E-state index in [2.05, 4.69) is 22.8 Å². The van der Waals surface area contributed by atoms with Crippen LogP contribution in [0.15, 0.2) is 90.5 Å². The summed E-state index contributed by atoms with van der Waals surface area (Å²) >= 11 is 1.48. The van der Waals surface area contributed by atoms with Gasteiger partial charge in [0.1, 0.15) is 0 Å². The topological polar surface area (TPSA) is 44.4 Å². The Bertz CT molecular complexity index is 833. The van der Waals surface area contributed by atoms with Gasteiger partial charge in [0.05, 0.1) is 4.88 Å². The van der Waals surface area contributed by atoms with Crippen LogP contribution < -0.4 is 10.6 Å². The zero-order valence-corrected chi connectivity index (χ0v) is 17.9. The van der Waals surface area contributed by atoms with Gasteiger partial charge in [0.2, 0.25) is 0 Å². The molecular weight excluding hydrogens is 378 g/mol. The fourth-order valence-electron chi connectivity index (χ4n) is 2.48. The first kappa shape index (κ1) is 22.4. The number of rotatable bonds is 8. The average molecular weight is 408 g/mol. The summed E-state index contributed by atoms with van der Waals surface area (Å²) in [5.74, 6) is 0.0940. The molecule has 29 heavy (non-hydrogen) atoms. The van der Waals surface area contributed by atoms with Gasteiger partial charge in [0, 0.05) is 32.4 Å². The molecule has 2 aromatic carbocycles. The molecule has 0 fully saturated rings. The van der Waals surface area contributed by atoms with Crippen LogP contribution in [0.1, 0.15) is 22.2 Å². The molecular formula is C24H29N3OS. The third-order valence-electron chi connectivity index (χ3n) is 4.07. The molecule has 4 nitrogen and oxygen atoms in total. The van der Waals surface area contributed by atoms with Crippen molar-refractivity contribution in [2.45, 2.75) is 13.5 Å². The number of thiophene rings is 1. The largest absolute Gasteiger partial charge is 0.362 e. The molecule has 0 aliphatic carbocycles. The van der Waals surface area contributed by atoms with Crippen molar-refractivity contribution >= 4 is 22.9 Å². The van der Waals surface area contributed by atoms with E-state index in [1.807, 2.05) is 92.3 Å². The normalized spacial score (nSPS) is 10.3. The molecule has 3 aromatic rings. The molecule has 0 aliphatic rings. The minimum atomic E-state index is 0.0940. The molecule has 0 saturated heterocycles. The van der Waals surface area contributed by atoms with Crippen LogP contribution in [0.25, 0.3) is 0 Å². The quantitative estimate of drug-likeness (QED) is 0.502. The van der Waals surface area contributed by atoms with Gasteiger partial charge in [-0.15, -0.1) is 11.3 Å². The Morgan fingerprint density at radius 1 is 1.00 bits per heavy atom. The third-order valence-corrected chi connectivity index (χ3v) is 4.92. The molecule has 1 amide bonds. The summed E-state index contributed by atoms with van der Waals surface area (Å²) < 4.78 is 0. The molecule has 0 radical (unpaired) electrons. The zero-order valence-electron chi connectivity index (χ0n) is 17.0. The summed E-state index contributed by atoms with van der Waals surface area (Å²) in [6.07, 6.45) is 3.88. The van der Waals surface area contributed by atoms with Crippen molar-refractivity contribution in [1.29, 1.82) is 0 Å². The molecule has 152 valence electrons. The van der Waals surface area contributed by atoms with Crippen LogP contribution in [0, 0.1) is 0 Å². The Balaban J connectivity index is 0.000000253. The number of allylic oxidation sites excluding steroid dienone is 1. The maximum Gasteiger partial charge on any atom is 0.263 e. The SMILES string of the molecule is C/C=C\Nc1ccccc1.CN(CCNCc1ccccc1)C(=O)c1cccs1. The van der Waals surface area contributed by atoms with Gasteiger partial charge in [-0.25, -0.2) is 0 Å². The Kier molecular flexibility index (Phi) is 10.3. The highest BCUT2D eigenvalue weighted by atomic mass is 32.1. The molecule has 5 heteroatoms. The second-order valence-corrected chi connectivity index (χ2v) is 7.32. The van der Waals surface area contributed by atoms with E-state index in [9.17, 15) is 4.79 Å². The first-order valence-electron chi connectivity index (χ1n) is 9.67. The fraction of sp³-hybridized carbons (Fsp3) is 0.208. The van der Waals surface area contributed by atoms with Crippen LogP contribution in [0.4, 0.5) is 5.69 Å². The number of nitrogens with one attached hydrogen (secondary N) is 2. The smallest absolute Gasteiger partial charge is 0.263 e. The van der Waals surface area contributed by atoms with E-state index in [4.69, 9.17) is 0 Å². The van der Waals surface area contributed by atoms with Gasteiger partial charge < -0.3 is 15.5 Å². The highest BCUT2D eigenvalue weighted by Gasteiger charge is 2.11. The monoisotopic (exact) mass is 407 g/mol. The van der Waals surface area contributed by atoms with E-state index < -0.39 is 0 Å². The molecule has 0 spiro atoms. The Morgan fingerprint density at radius 2 is 1.69 bits per heavy atom. The van der Waals surface area contributed by atoms with Gasteiger partial charge >= 0.3 is 0 Å². The van der Waals surface area contributed by atoms with E-state index >= 15 is 0 Å². The van der Waals surface area contributed by atoms with Crippen LogP contribution in [-0.4, -0.2) is 30.9 Å². The number of nitrogens with zero attached hydrogens (tertiary/aromatic N) is 1. The molecule has 0 aliphatic heterocycles. The fourth-order valence-corrected chi connectivity index (χ4v) is 3.20. The van der Waals surface area contributed by atoms with Crippen molar-refractivity contribution in [3.8, 4) is 0 Å². The molecule has 1 aromatic heterocycles. The molecule has 3 rings (SSSR count). The van der Waals surface area contributed by atoms with E-state index in [0.717, 1.165) is 23.7 Å². The molecule has 0 atom stereocenters. The second-order valence-electron chi connectivity index (χ2n) is 6.38.